The molecule has 0 bridgehead atoms. The number of rotatable bonds is 8. The lowest BCUT2D eigenvalue weighted by atomic mass is 9.93. The van der Waals surface area contributed by atoms with Crippen LogP contribution in [-0.2, 0) is 0 Å². The van der Waals surface area contributed by atoms with Gasteiger partial charge in [-0.3, -0.25) is 4.98 Å². The highest BCUT2D eigenvalue weighted by Crippen LogP contribution is 2.42. The van der Waals surface area contributed by atoms with Crippen molar-refractivity contribution in [3.63, 3.8) is 0 Å². The van der Waals surface area contributed by atoms with Crippen molar-refractivity contribution in [3.05, 3.63) is 59.2 Å². The summed E-state index contributed by atoms with van der Waals surface area (Å²) in [5.74, 6) is 0.166. The number of nitrogens with zero attached hydrogens (tertiary/aromatic N) is 2. The number of nitrogens with one attached hydrogen (secondary N) is 1. The van der Waals surface area contributed by atoms with Gasteiger partial charge in [-0.15, -0.1) is 0 Å². The lowest BCUT2D eigenvalue weighted by Gasteiger charge is -2.24. The van der Waals surface area contributed by atoms with Gasteiger partial charge in [0.15, 0.2) is 0 Å². The van der Waals surface area contributed by atoms with Crippen LogP contribution in [0.4, 0.5) is 23.4 Å². The van der Waals surface area contributed by atoms with E-state index in [-0.39, 0.29) is 17.4 Å². The van der Waals surface area contributed by atoms with E-state index in [1.165, 1.54) is 12.1 Å². The number of aromatic nitrogens is 2. The summed E-state index contributed by atoms with van der Waals surface area (Å²) in [7, 11) is 0. The van der Waals surface area contributed by atoms with Gasteiger partial charge in [0.2, 0.25) is 0 Å². The molecule has 4 rings (SSSR count). The Morgan fingerprint density at radius 1 is 1.15 bits per heavy atom. The molecule has 176 valence electrons. The Morgan fingerprint density at radius 3 is 2.73 bits per heavy atom. The van der Waals surface area contributed by atoms with Crippen molar-refractivity contribution in [1.82, 2.24) is 9.97 Å². The van der Waals surface area contributed by atoms with Crippen molar-refractivity contribution >= 4 is 28.5 Å². The number of aliphatic hydroxyl groups is 1. The molecule has 33 heavy (non-hydrogen) atoms. The standard InChI is InChI=1S/C23H22ClF4N3O2/c24-15-7-8-17-18(10-15)29-12-20(31-17)30-11-13-5-6-14(9-13)21(32)16-3-1-2-4-19(16)33-23(27,28)22(25)26/h1-4,7-8,10,12-14,21-22,32H,5-6,9,11H2,(H,30,31)/t13-,14?,21?/m1/s1. The molecule has 0 aliphatic heterocycles. The van der Waals surface area contributed by atoms with E-state index in [0.29, 0.717) is 41.3 Å². The summed E-state index contributed by atoms with van der Waals surface area (Å²) in [5, 5.41) is 14.6. The third-order valence-corrected chi connectivity index (χ3v) is 6.08. The van der Waals surface area contributed by atoms with Crippen molar-refractivity contribution in [2.45, 2.75) is 37.9 Å². The monoisotopic (exact) mass is 483 g/mol. The second-order valence-corrected chi connectivity index (χ2v) is 8.59. The van der Waals surface area contributed by atoms with Gasteiger partial charge in [0.05, 0.1) is 23.3 Å². The summed E-state index contributed by atoms with van der Waals surface area (Å²) in [4.78, 5) is 8.85. The van der Waals surface area contributed by atoms with Crippen LogP contribution in [0.25, 0.3) is 11.0 Å². The maximum Gasteiger partial charge on any atom is 0.461 e. The summed E-state index contributed by atoms with van der Waals surface area (Å²) in [6.07, 6.45) is -5.99. The highest BCUT2D eigenvalue weighted by Gasteiger charge is 2.45. The molecule has 1 heterocycles. The van der Waals surface area contributed by atoms with Crippen molar-refractivity contribution in [3.8, 4) is 5.75 Å². The first-order valence-electron chi connectivity index (χ1n) is 10.5. The highest BCUT2D eigenvalue weighted by molar-refractivity contribution is 6.31. The van der Waals surface area contributed by atoms with Crippen LogP contribution in [0.2, 0.25) is 5.02 Å². The zero-order valence-corrected chi connectivity index (χ0v) is 18.2. The lowest BCUT2D eigenvalue weighted by molar-refractivity contribution is -0.253. The summed E-state index contributed by atoms with van der Waals surface area (Å²) < 4.78 is 56.2. The Labute approximate surface area is 192 Å². The number of ether oxygens (including phenoxy) is 1. The van der Waals surface area contributed by atoms with Crippen LogP contribution < -0.4 is 10.1 Å². The Balaban J connectivity index is 1.38. The van der Waals surface area contributed by atoms with Crippen LogP contribution in [0.1, 0.15) is 30.9 Å². The van der Waals surface area contributed by atoms with Crippen LogP contribution in [-0.4, -0.2) is 34.2 Å². The molecule has 1 aliphatic carbocycles. The van der Waals surface area contributed by atoms with Crippen molar-refractivity contribution in [2.75, 3.05) is 11.9 Å². The van der Waals surface area contributed by atoms with Crippen LogP contribution >= 0.6 is 11.6 Å². The zero-order chi connectivity index (χ0) is 23.6. The van der Waals surface area contributed by atoms with Gasteiger partial charge in [-0.05, 0) is 55.4 Å². The van der Waals surface area contributed by atoms with Gasteiger partial charge in [0.25, 0.3) is 0 Å². The highest BCUT2D eigenvalue weighted by atomic mass is 35.5. The largest absolute Gasteiger partial charge is 0.461 e. The molecule has 2 unspecified atom stereocenters. The topological polar surface area (TPSA) is 67.3 Å². The van der Waals surface area contributed by atoms with Gasteiger partial charge in [-0.1, -0.05) is 29.8 Å². The van der Waals surface area contributed by atoms with Crippen LogP contribution in [0.15, 0.2) is 48.7 Å². The number of alkyl halides is 4. The second-order valence-electron chi connectivity index (χ2n) is 8.16. The van der Waals surface area contributed by atoms with Crippen LogP contribution in [0.3, 0.4) is 0 Å². The fraction of sp³-hybridized carbons (Fsp3) is 0.391. The average Bonchev–Trinajstić information content (AvgIpc) is 3.26. The molecular formula is C23H22ClF4N3O2. The Bertz CT molecular complexity index is 1120. The number of anilines is 1. The second kappa shape index (κ2) is 9.69. The van der Waals surface area contributed by atoms with Crippen LogP contribution in [0.5, 0.6) is 5.75 Å². The fourth-order valence-corrected chi connectivity index (χ4v) is 4.33. The quantitative estimate of drug-likeness (QED) is 0.380. The van der Waals surface area contributed by atoms with Crippen molar-refractivity contribution in [1.29, 1.82) is 0 Å². The van der Waals surface area contributed by atoms with Gasteiger partial charge in [0.1, 0.15) is 11.6 Å². The predicted molar refractivity (Wildman–Crippen MR) is 117 cm³/mol. The normalized spacial score (nSPS) is 19.7. The first-order chi connectivity index (χ1) is 15.7. The van der Waals surface area contributed by atoms with Gasteiger partial charge in [-0.2, -0.15) is 17.6 Å². The molecular weight excluding hydrogens is 462 g/mol. The molecule has 2 N–H and O–H groups in total. The van der Waals surface area contributed by atoms with Gasteiger partial charge in [0, 0.05) is 17.1 Å². The molecule has 0 spiro atoms. The number of hydrogen-bond acceptors (Lipinski definition) is 5. The minimum absolute atomic E-state index is 0.0792. The molecule has 1 fully saturated rings. The first kappa shape index (κ1) is 23.5. The number of benzene rings is 2. The Hall–Kier alpha value is -2.65. The third-order valence-electron chi connectivity index (χ3n) is 5.84. The molecule has 1 aromatic heterocycles. The predicted octanol–water partition coefficient (Wildman–Crippen LogP) is 6.08. The molecule has 0 radical (unpaired) electrons. The zero-order valence-electron chi connectivity index (χ0n) is 17.4. The van der Waals surface area contributed by atoms with Crippen molar-refractivity contribution < 1.29 is 27.4 Å². The SMILES string of the molecule is OC(c1ccccc1OC(F)(F)C(F)F)C1CC[C@@H](CNc2cnc3cc(Cl)ccc3n2)C1. The molecule has 5 nitrogen and oxygen atoms in total. The lowest BCUT2D eigenvalue weighted by Crippen LogP contribution is -2.34. The average molecular weight is 484 g/mol. The van der Waals surface area contributed by atoms with E-state index < -0.39 is 24.4 Å². The molecule has 3 aromatic rings. The smallest absolute Gasteiger partial charge is 0.428 e. The molecule has 2 aromatic carbocycles. The van der Waals surface area contributed by atoms with Crippen molar-refractivity contribution in [2.24, 2.45) is 11.8 Å². The Kier molecular flexibility index (Phi) is 6.90. The van der Waals surface area contributed by atoms with E-state index in [1.807, 2.05) is 0 Å². The van der Waals surface area contributed by atoms with E-state index in [1.54, 1.807) is 30.5 Å². The van der Waals surface area contributed by atoms with Gasteiger partial charge < -0.3 is 15.2 Å². The minimum Gasteiger partial charge on any atom is -0.428 e. The molecule has 1 saturated carbocycles. The number of halogens is 5. The number of fused-ring (bicyclic) bond motifs is 1. The third kappa shape index (κ3) is 5.47. The Morgan fingerprint density at radius 2 is 1.94 bits per heavy atom. The van der Waals surface area contributed by atoms with E-state index in [0.717, 1.165) is 12.5 Å². The van der Waals surface area contributed by atoms with E-state index in [4.69, 9.17) is 11.6 Å². The van der Waals surface area contributed by atoms with Crippen LogP contribution in [0, 0.1) is 11.8 Å². The molecule has 1 aliphatic rings. The molecule has 0 amide bonds. The van der Waals surface area contributed by atoms with E-state index in [9.17, 15) is 22.7 Å². The fourth-order valence-electron chi connectivity index (χ4n) is 4.17. The summed E-state index contributed by atoms with van der Waals surface area (Å²) in [5.41, 5.74) is 1.48. The maximum absolute atomic E-state index is 13.4. The summed E-state index contributed by atoms with van der Waals surface area (Å²) in [6, 6.07) is 10.8. The number of para-hydroxylation sites is 1. The van der Waals surface area contributed by atoms with E-state index >= 15 is 0 Å². The molecule has 10 heteroatoms. The minimum atomic E-state index is -4.63. The first-order valence-corrected chi connectivity index (χ1v) is 10.9. The maximum atomic E-state index is 13.4. The molecule has 3 atom stereocenters. The summed E-state index contributed by atoms with van der Waals surface area (Å²) in [6.45, 7) is 0.596. The van der Waals surface area contributed by atoms with Gasteiger partial charge >= 0.3 is 12.5 Å². The number of hydrogen-bond donors (Lipinski definition) is 2. The summed E-state index contributed by atoms with van der Waals surface area (Å²) >= 11 is 5.96. The number of aliphatic hydroxyl groups excluding tert-OH is 1. The molecule has 0 saturated heterocycles. The van der Waals surface area contributed by atoms with Gasteiger partial charge in [-0.25, -0.2) is 4.98 Å². The van der Waals surface area contributed by atoms with E-state index in [2.05, 4.69) is 20.0 Å².